The molecular weight excluding hydrogens is 448 g/mol. The van der Waals surface area contributed by atoms with Gasteiger partial charge in [0.05, 0.1) is 24.3 Å². The van der Waals surface area contributed by atoms with Crippen molar-refractivity contribution in [1.82, 2.24) is 4.98 Å². The van der Waals surface area contributed by atoms with Crippen LogP contribution in [-0.4, -0.2) is 29.7 Å². The number of benzene rings is 2. The predicted molar refractivity (Wildman–Crippen MR) is 125 cm³/mol. The van der Waals surface area contributed by atoms with E-state index in [-0.39, 0.29) is 11.7 Å². The highest BCUT2D eigenvalue weighted by atomic mass is 35.5. The number of nitrogens with zero attached hydrogens (tertiary/aromatic N) is 1. The van der Waals surface area contributed by atoms with Crippen LogP contribution in [0.15, 0.2) is 35.2 Å². The number of ether oxygens (including phenoxy) is 1. The number of aromatic nitrogens is 1. The van der Waals surface area contributed by atoms with E-state index in [4.69, 9.17) is 21.3 Å². The fourth-order valence-corrected chi connectivity index (χ4v) is 5.08. The van der Waals surface area contributed by atoms with Gasteiger partial charge in [0.15, 0.2) is 0 Å². The van der Waals surface area contributed by atoms with Gasteiger partial charge >= 0.3 is 0 Å². The number of rotatable bonds is 6. The van der Waals surface area contributed by atoms with Crippen LogP contribution in [0.2, 0.25) is 5.02 Å². The quantitative estimate of drug-likeness (QED) is 0.544. The number of amides is 1. The minimum absolute atomic E-state index is 0.122. The maximum absolute atomic E-state index is 13.0. The van der Waals surface area contributed by atoms with Crippen LogP contribution in [0.3, 0.4) is 0 Å². The number of hydrogen-bond acceptors (Lipinski definition) is 6. The van der Waals surface area contributed by atoms with Gasteiger partial charge in [-0.05, 0) is 61.9 Å². The number of hydrogen-bond donors (Lipinski definition) is 1. The zero-order valence-corrected chi connectivity index (χ0v) is 19.4. The number of carboxylic acids is 1. The highest BCUT2D eigenvalue weighted by molar-refractivity contribution is 8.00. The number of aliphatic carboxylic acids is 1. The molecule has 3 aromatic rings. The number of fused-ring (bicyclic) bond motifs is 2. The SMILES string of the molecule is COc1cc(Cl)c(C)cc1NC(=O)c1ccc2c(SCC(=O)[O-])c3c(nc2c1)CCCC3. The van der Waals surface area contributed by atoms with Crippen molar-refractivity contribution in [1.29, 1.82) is 0 Å². The summed E-state index contributed by atoms with van der Waals surface area (Å²) in [6, 6.07) is 8.75. The van der Waals surface area contributed by atoms with Gasteiger partial charge in [-0.15, -0.1) is 11.8 Å². The van der Waals surface area contributed by atoms with Crippen molar-refractivity contribution in [3.8, 4) is 5.75 Å². The van der Waals surface area contributed by atoms with Crippen LogP contribution in [-0.2, 0) is 17.6 Å². The third-order valence-electron chi connectivity index (χ3n) is 5.54. The summed E-state index contributed by atoms with van der Waals surface area (Å²) in [4.78, 5) is 29.8. The summed E-state index contributed by atoms with van der Waals surface area (Å²) < 4.78 is 5.35. The first-order chi connectivity index (χ1) is 15.4. The van der Waals surface area contributed by atoms with Gasteiger partial charge in [-0.25, -0.2) is 0 Å². The monoisotopic (exact) mass is 469 g/mol. The zero-order chi connectivity index (χ0) is 22.8. The van der Waals surface area contributed by atoms with Gasteiger partial charge in [0.2, 0.25) is 0 Å². The standard InChI is InChI=1S/C24H23ClN2O4S/c1-13-9-20(21(31-2)11-17(13)25)27-24(30)14-7-8-16-19(10-14)26-18-6-4-3-5-15(18)23(16)32-12-22(28)29/h7-11H,3-6,12H2,1-2H3,(H,27,30)(H,28,29)/p-1. The Balaban J connectivity index is 1.71. The van der Waals surface area contributed by atoms with E-state index >= 15 is 0 Å². The molecule has 0 spiro atoms. The molecule has 0 aliphatic heterocycles. The van der Waals surface area contributed by atoms with Gasteiger partial charge in [-0.1, -0.05) is 17.7 Å². The topological polar surface area (TPSA) is 91.3 Å². The molecule has 1 aromatic heterocycles. The highest BCUT2D eigenvalue weighted by Gasteiger charge is 2.20. The molecule has 1 amide bonds. The Labute approximate surface area is 195 Å². The van der Waals surface area contributed by atoms with Crippen molar-refractivity contribution in [2.75, 3.05) is 18.2 Å². The van der Waals surface area contributed by atoms with Gasteiger partial charge in [0.1, 0.15) is 5.75 Å². The number of thioether (sulfide) groups is 1. The van der Waals surface area contributed by atoms with Crippen LogP contribution in [0, 0.1) is 6.92 Å². The number of anilines is 1. The largest absolute Gasteiger partial charge is 0.549 e. The molecule has 0 saturated heterocycles. The summed E-state index contributed by atoms with van der Waals surface area (Å²) in [5, 5.41) is 15.4. The number of carboxylic acid groups (broad SMARTS) is 1. The Hall–Kier alpha value is -2.77. The maximum Gasteiger partial charge on any atom is 0.255 e. The van der Waals surface area contributed by atoms with E-state index in [9.17, 15) is 14.7 Å². The molecule has 0 atom stereocenters. The molecule has 2 aromatic carbocycles. The van der Waals surface area contributed by atoms with E-state index in [2.05, 4.69) is 5.32 Å². The second-order valence-electron chi connectivity index (χ2n) is 7.72. The van der Waals surface area contributed by atoms with Gasteiger partial charge in [0.25, 0.3) is 5.91 Å². The van der Waals surface area contributed by atoms with Crippen molar-refractivity contribution >= 4 is 51.8 Å². The molecule has 1 N–H and O–H groups in total. The van der Waals surface area contributed by atoms with Crippen molar-refractivity contribution in [2.45, 2.75) is 37.5 Å². The molecule has 32 heavy (non-hydrogen) atoms. The number of methoxy groups -OCH3 is 1. The average Bonchev–Trinajstić information content (AvgIpc) is 2.78. The lowest BCUT2D eigenvalue weighted by Crippen LogP contribution is -2.24. The van der Waals surface area contributed by atoms with E-state index < -0.39 is 5.97 Å². The number of pyridine rings is 1. The summed E-state index contributed by atoms with van der Waals surface area (Å²) in [6.07, 6.45) is 3.83. The third kappa shape index (κ3) is 4.54. The lowest BCUT2D eigenvalue weighted by atomic mass is 9.94. The maximum atomic E-state index is 13.0. The first kappa shape index (κ1) is 22.4. The van der Waals surface area contributed by atoms with Crippen molar-refractivity contribution in [3.05, 3.63) is 57.7 Å². The Kier molecular flexibility index (Phi) is 6.58. The van der Waals surface area contributed by atoms with Crippen LogP contribution < -0.4 is 15.2 Å². The van der Waals surface area contributed by atoms with Gasteiger partial charge < -0.3 is 20.0 Å². The molecule has 1 aliphatic rings. The molecule has 166 valence electrons. The second-order valence-corrected chi connectivity index (χ2v) is 9.11. The number of carbonyl (C=O) groups excluding carboxylic acids is 2. The molecule has 0 saturated carbocycles. The molecule has 0 fully saturated rings. The minimum Gasteiger partial charge on any atom is -0.549 e. The van der Waals surface area contributed by atoms with E-state index in [0.29, 0.717) is 27.5 Å². The van der Waals surface area contributed by atoms with E-state index in [1.807, 2.05) is 13.0 Å². The number of halogens is 1. The van der Waals surface area contributed by atoms with Crippen LogP contribution in [0.1, 0.15) is 40.0 Å². The highest BCUT2D eigenvalue weighted by Crippen LogP contribution is 2.36. The van der Waals surface area contributed by atoms with E-state index in [1.54, 1.807) is 24.3 Å². The summed E-state index contributed by atoms with van der Waals surface area (Å²) in [5.41, 5.74) is 4.59. The van der Waals surface area contributed by atoms with Crippen LogP contribution in [0.25, 0.3) is 10.9 Å². The molecule has 1 aliphatic carbocycles. The third-order valence-corrected chi connectivity index (χ3v) is 7.08. The van der Waals surface area contributed by atoms with E-state index in [1.165, 1.54) is 18.9 Å². The van der Waals surface area contributed by atoms with Crippen molar-refractivity contribution in [2.24, 2.45) is 0 Å². The smallest absolute Gasteiger partial charge is 0.255 e. The van der Waals surface area contributed by atoms with Crippen molar-refractivity contribution in [3.63, 3.8) is 0 Å². The van der Waals surface area contributed by atoms with E-state index in [0.717, 1.165) is 52.8 Å². The number of nitrogens with one attached hydrogen (secondary N) is 1. The average molecular weight is 470 g/mol. The molecule has 4 rings (SSSR count). The number of carbonyl (C=O) groups is 2. The van der Waals surface area contributed by atoms with Crippen LogP contribution >= 0.6 is 23.4 Å². The molecule has 8 heteroatoms. The lowest BCUT2D eigenvalue weighted by Gasteiger charge is -2.21. The van der Waals surface area contributed by atoms with Gasteiger partial charge in [-0.2, -0.15) is 0 Å². The first-order valence-electron chi connectivity index (χ1n) is 10.3. The van der Waals surface area contributed by atoms with Crippen molar-refractivity contribution < 1.29 is 19.4 Å². The number of aryl methyl sites for hydroxylation is 2. The summed E-state index contributed by atoms with van der Waals surface area (Å²) in [7, 11) is 1.52. The molecule has 6 nitrogen and oxygen atoms in total. The van der Waals surface area contributed by atoms with Gasteiger partial charge in [-0.3, -0.25) is 9.78 Å². The Morgan fingerprint density at radius 1 is 1.22 bits per heavy atom. The fourth-order valence-electron chi connectivity index (χ4n) is 3.94. The van der Waals surface area contributed by atoms with Crippen LogP contribution in [0.5, 0.6) is 5.75 Å². The van der Waals surface area contributed by atoms with Crippen LogP contribution in [0.4, 0.5) is 5.69 Å². The van der Waals surface area contributed by atoms with Gasteiger partial charge in [0, 0.05) is 38.4 Å². The zero-order valence-electron chi connectivity index (χ0n) is 17.8. The Morgan fingerprint density at radius 3 is 2.75 bits per heavy atom. The second kappa shape index (κ2) is 9.38. The Morgan fingerprint density at radius 2 is 2.00 bits per heavy atom. The molecule has 1 heterocycles. The Bertz CT molecular complexity index is 1230. The minimum atomic E-state index is -1.10. The predicted octanol–water partition coefficient (Wildman–Crippen LogP) is 4.18. The summed E-state index contributed by atoms with van der Waals surface area (Å²) in [5.74, 6) is -1.05. The molecule has 0 unspecified atom stereocenters. The first-order valence-corrected chi connectivity index (χ1v) is 11.7. The molecular formula is C24H22ClN2O4S-. The molecule has 0 bridgehead atoms. The summed E-state index contributed by atoms with van der Waals surface area (Å²) >= 11 is 7.42. The normalized spacial score (nSPS) is 13.0. The summed E-state index contributed by atoms with van der Waals surface area (Å²) in [6.45, 7) is 1.85. The molecule has 0 radical (unpaired) electrons. The fraction of sp³-hybridized carbons (Fsp3) is 0.292. The lowest BCUT2D eigenvalue weighted by molar-refractivity contribution is -0.301.